The van der Waals surface area contributed by atoms with E-state index in [1.807, 2.05) is 46.7 Å². The number of ether oxygens (including phenoxy) is 1. The molecule has 3 N–H and O–H groups in total. The fraction of sp³-hybridized carbons (Fsp3) is 0.100. The monoisotopic (exact) mass is 378 g/mol. The van der Waals surface area contributed by atoms with Gasteiger partial charge in [0.25, 0.3) is 5.91 Å². The quantitative estimate of drug-likeness (QED) is 0.715. The predicted octanol–water partition coefficient (Wildman–Crippen LogP) is 4.15. The number of methoxy groups -OCH3 is 1. The van der Waals surface area contributed by atoms with Crippen molar-refractivity contribution in [3.8, 4) is 5.75 Å². The molecule has 6 nitrogen and oxygen atoms in total. The Labute approximate surface area is 160 Å². The SMILES string of the molecule is COc1ccccc1C(=O)Nc1ccc(N2C=Nc3sccc3C2N)cc1. The van der Waals surface area contributed by atoms with E-state index in [-0.39, 0.29) is 12.1 Å². The number of carbonyl (C=O) groups excluding carboxylic acids is 1. The van der Waals surface area contributed by atoms with Gasteiger partial charge in [0.05, 0.1) is 19.0 Å². The zero-order valence-corrected chi connectivity index (χ0v) is 15.4. The fourth-order valence-corrected chi connectivity index (χ4v) is 3.73. The molecule has 2 aromatic carbocycles. The smallest absolute Gasteiger partial charge is 0.259 e. The number of aliphatic imine (C=N–C) groups is 1. The first-order chi connectivity index (χ1) is 13.2. The van der Waals surface area contributed by atoms with Gasteiger partial charge in [-0.2, -0.15) is 0 Å². The number of anilines is 2. The molecule has 1 atom stereocenters. The van der Waals surface area contributed by atoms with Crippen LogP contribution >= 0.6 is 11.3 Å². The second-order valence-corrected chi connectivity index (χ2v) is 6.87. The van der Waals surface area contributed by atoms with Gasteiger partial charge in [-0.25, -0.2) is 4.99 Å². The van der Waals surface area contributed by atoms with Gasteiger partial charge in [0.15, 0.2) is 0 Å². The van der Waals surface area contributed by atoms with Gasteiger partial charge in [0, 0.05) is 16.9 Å². The predicted molar refractivity (Wildman–Crippen MR) is 109 cm³/mol. The number of hydrogen-bond donors (Lipinski definition) is 2. The lowest BCUT2D eigenvalue weighted by atomic mass is 10.1. The molecule has 0 saturated carbocycles. The van der Waals surface area contributed by atoms with Crippen molar-refractivity contribution in [3.63, 3.8) is 0 Å². The topological polar surface area (TPSA) is 80.0 Å². The molecule has 7 heteroatoms. The van der Waals surface area contributed by atoms with Gasteiger partial charge in [-0.05, 0) is 47.8 Å². The number of amides is 1. The third-order valence-corrected chi connectivity index (χ3v) is 5.20. The van der Waals surface area contributed by atoms with Crippen LogP contribution in [0.4, 0.5) is 16.4 Å². The zero-order chi connectivity index (χ0) is 18.8. The molecule has 1 aliphatic heterocycles. The van der Waals surface area contributed by atoms with Crippen molar-refractivity contribution in [2.24, 2.45) is 10.7 Å². The van der Waals surface area contributed by atoms with Gasteiger partial charge in [-0.1, -0.05) is 12.1 Å². The van der Waals surface area contributed by atoms with Crippen LogP contribution in [-0.2, 0) is 0 Å². The summed E-state index contributed by atoms with van der Waals surface area (Å²) in [5, 5.41) is 5.82. The minimum atomic E-state index is -0.280. The normalized spacial score (nSPS) is 15.3. The first kappa shape index (κ1) is 17.3. The van der Waals surface area contributed by atoms with Gasteiger partial charge in [-0.3, -0.25) is 4.79 Å². The lowest BCUT2D eigenvalue weighted by Gasteiger charge is -2.29. The molecule has 2 heterocycles. The Balaban J connectivity index is 1.50. The Kier molecular flexibility index (Phi) is 4.62. The number of hydrogen-bond acceptors (Lipinski definition) is 6. The highest BCUT2D eigenvalue weighted by Gasteiger charge is 2.23. The van der Waals surface area contributed by atoms with Crippen LogP contribution in [0.3, 0.4) is 0 Å². The van der Waals surface area contributed by atoms with E-state index in [0.29, 0.717) is 17.0 Å². The highest BCUT2D eigenvalue weighted by atomic mass is 32.1. The molecular formula is C20H18N4O2S. The van der Waals surface area contributed by atoms with E-state index in [4.69, 9.17) is 10.5 Å². The minimum absolute atomic E-state index is 0.223. The van der Waals surface area contributed by atoms with E-state index >= 15 is 0 Å². The fourth-order valence-electron chi connectivity index (χ4n) is 2.95. The van der Waals surface area contributed by atoms with E-state index in [1.165, 1.54) is 0 Å². The third kappa shape index (κ3) is 3.30. The first-order valence-corrected chi connectivity index (χ1v) is 9.25. The molecule has 0 saturated heterocycles. The average Bonchev–Trinajstić information content (AvgIpc) is 3.19. The van der Waals surface area contributed by atoms with Crippen LogP contribution < -0.4 is 20.7 Å². The van der Waals surface area contributed by atoms with Crippen LogP contribution in [0.2, 0.25) is 0 Å². The standard InChI is InChI=1S/C20H18N4O2S/c1-26-17-5-3-2-4-15(17)19(25)23-13-6-8-14(9-7-13)24-12-22-20-16(18(24)21)10-11-27-20/h2-12,18H,21H2,1H3,(H,23,25). The lowest BCUT2D eigenvalue weighted by Crippen LogP contribution is -2.35. The molecule has 4 rings (SSSR count). The van der Waals surface area contributed by atoms with Crippen molar-refractivity contribution in [1.29, 1.82) is 0 Å². The second-order valence-electron chi connectivity index (χ2n) is 5.98. The van der Waals surface area contributed by atoms with E-state index < -0.39 is 0 Å². The number of benzene rings is 2. The summed E-state index contributed by atoms with van der Waals surface area (Å²) in [5.74, 6) is 0.313. The maximum Gasteiger partial charge on any atom is 0.259 e. The number of nitrogens with two attached hydrogens (primary N) is 1. The molecule has 1 aromatic heterocycles. The van der Waals surface area contributed by atoms with E-state index in [2.05, 4.69) is 10.3 Å². The summed E-state index contributed by atoms with van der Waals surface area (Å²) < 4.78 is 5.24. The Bertz CT molecular complexity index is 997. The van der Waals surface area contributed by atoms with E-state index in [1.54, 1.807) is 43.0 Å². The minimum Gasteiger partial charge on any atom is -0.496 e. The van der Waals surface area contributed by atoms with Crippen LogP contribution in [0, 0.1) is 0 Å². The molecule has 0 aliphatic carbocycles. The molecular weight excluding hydrogens is 360 g/mol. The molecule has 3 aromatic rings. The third-order valence-electron chi connectivity index (χ3n) is 4.37. The molecule has 0 radical (unpaired) electrons. The Hall–Kier alpha value is -3.16. The van der Waals surface area contributed by atoms with Crippen molar-refractivity contribution in [2.45, 2.75) is 6.17 Å². The maximum absolute atomic E-state index is 12.5. The van der Waals surface area contributed by atoms with Crippen molar-refractivity contribution < 1.29 is 9.53 Å². The molecule has 1 unspecified atom stereocenters. The molecule has 1 aliphatic rings. The highest BCUT2D eigenvalue weighted by molar-refractivity contribution is 7.14. The number of thiophene rings is 1. The van der Waals surface area contributed by atoms with Crippen molar-refractivity contribution in [2.75, 3.05) is 17.3 Å². The molecule has 0 fully saturated rings. The molecule has 1 amide bonds. The summed E-state index contributed by atoms with van der Waals surface area (Å²) in [6.45, 7) is 0. The van der Waals surface area contributed by atoms with Gasteiger partial charge < -0.3 is 20.7 Å². The van der Waals surface area contributed by atoms with Crippen LogP contribution in [0.1, 0.15) is 22.1 Å². The Morgan fingerprint density at radius 3 is 2.74 bits per heavy atom. The van der Waals surface area contributed by atoms with Crippen LogP contribution in [0.5, 0.6) is 5.75 Å². The summed E-state index contributed by atoms with van der Waals surface area (Å²) >= 11 is 1.57. The highest BCUT2D eigenvalue weighted by Crippen LogP contribution is 2.37. The van der Waals surface area contributed by atoms with Gasteiger partial charge >= 0.3 is 0 Å². The summed E-state index contributed by atoms with van der Waals surface area (Å²) in [7, 11) is 1.54. The zero-order valence-electron chi connectivity index (χ0n) is 14.6. The van der Waals surface area contributed by atoms with E-state index in [9.17, 15) is 4.79 Å². The maximum atomic E-state index is 12.5. The second kappa shape index (κ2) is 7.22. The van der Waals surface area contributed by atoms with Crippen LogP contribution in [0.15, 0.2) is 65.0 Å². The Morgan fingerprint density at radius 1 is 1.19 bits per heavy atom. The van der Waals surface area contributed by atoms with Crippen molar-refractivity contribution >= 4 is 40.0 Å². The number of nitrogens with zero attached hydrogens (tertiary/aromatic N) is 2. The number of carbonyl (C=O) groups is 1. The first-order valence-electron chi connectivity index (χ1n) is 8.37. The van der Waals surface area contributed by atoms with Gasteiger partial charge in [0.2, 0.25) is 0 Å². The lowest BCUT2D eigenvalue weighted by molar-refractivity contribution is 0.102. The molecule has 0 bridgehead atoms. The summed E-state index contributed by atoms with van der Waals surface area (Å²) in [6.07, 6.45) is 1.46. The molecule has 27 heavy (non-hydrogen) atoms. The summed E-state index contributed by atoms with van der Waals surface area (Å²) in [6, 6.07) is 16.6. The molecule has 0 spiro atoms. The largest absolute Gasteiger partial charge is 0.496 e. The van der Waals surface area contributed by atoms with Crippen LogP contribution in [0.25, 0.3) is 0 Å². The summed E-state index contributed by atoms with van der Waals surface area (Å²) in [5.41, 5.74) is 9.44. The van der Waals surface area contributed by atoms with Crippen molar-refractivity contribution in [3.05, 3.63) is 71.1 Å². The van der Waals surface area contributed by atoms with Gasteiger partial charge in [-0.15, -0.1) is 11.3 Å². The Morgan fingerprint density at radius 2 is 1.96 bits per heavy atom. The van der Waals surface area contributed by atoms with E-state index in [0.717, 1.165) is 16.3 Å². The van der Waals surface area contributed by atoms with Gasteiger partial charge in [0.1, 0.15) is 16.9 Å². The summed E-state index contributed by atoms with van der Waals surface area (Å²) in [4.78, 5) is 18.8. The van der Waals surface area contributed by atoms with Crippen molar-refractivity contribution in [1.82, 2.24) is 0 Å². The van der Waals surface area contributed by atoms with Crippen LogP contribution in [-0.4, -0.2) is 19.4 Å². The number of fused-ring (bicyclic) bond motifs is 1. The number of para-hydroxylation sites is 1. The number of rotatable bonds is 4. The average molecular weight is 378 g/mol. The number of nitrogens with one attached hydrogen (secondary N) is 1. The molecule has 136 valence electrons.